The number of fused-ring (bicyclic) bond motifs is 1. The highest BCUT2D eigenvalue weighted by molar-refractivity contribution is 6.30. The molecule has 0 bridgehead atoms. The fraction of sp³-hybridized carbons (Fsp3) is 0.368. The van der Waals surface area contributed by atoms with Crippen molar-refractivity contribution in [2.75, 3.05) is 5.32 Å². The molecule has 0 fully saturated rings. The molecule has 1 N–H and O–H groups in total. The first-order valence-electron chi connectivity index (χ1n) is 8.11. The predicted octanol–water partition coefficient (Wildman–Crippen LogP) is 4.84. The molecule has 124 valence electrons. The molecule has 1 aliphatic carbocycles. The molecule has 1 aromatic carbocycles. The fourth-order valence-corrected chi connectivity index (χ4v) is 4.09. The largest absolute Gasteiger partial charge is 0.338 e. The van der Waals surface area contributed by atoms with Crippen LogP contribution in [0.25, 0.3) is 0 Å². The summed E-state index contributed by atoms with van der Waals surface area (Å²) in [7, 11) is 0. The lowest BCUT2D eigenvalue weighted by Gasteiger charge is -2.37. The quantitative estimate of drug-likeness (QED) is 0.805. The van der Waals surface area contributed by atoms with Gasteiger partial charge < -0.3 is 9.84 Å². The summed E-state index contributed by atoms with van der Waals surface area (Å²) in [4.78, 5) is 13.0. The lowest BCUT2D eigenvalue weighted by Crippen LogP contribution is -2.33. The van der Waals surface area contributed by atoms with E-state index in [1.165, 1.54) is 0 Å². The number of anilines is 1. The number of nitrogens with one attached hydrogen (secondary N) is 1. The number of halogens is 1. The van der Waals surface area contributed by atoms with Crippen molar-refractivity contribution in [1.29, 1.82) is 0 Å². The Balaban J connectivity index is 1.95. The number of carbonyl (C=O) groups is 1. The molecule has 1 aliphatic heterocycles. The molecule has 4 rings (SSSR count). The number of aryl methyl sites for hydroxylation is 1. The second-order valence-electron chi connectivity index (χ2n) is 7.46. The van der Waals surface area contributed by atoms with Crippen LogP contribution >= 0.6 is 11.6 Å². The average molecular weight is 343 g/mol. The normalized spacial score (nSPS) is 22.0. The van der Waals surface area contributed by atoms with Crippen molar-refractivity contribution in [2.24, 2.45) is 5.41 Å². The Morgan fingerprint density at radius 1 is 1.33 bits per heavy atom. The summed E-state index contributed by atoms with van der Waals surface area (Å²) in [5, 5.41) is 8.08. The zero-order valence-electron chi connectivity index (χ0n) is 13.9. The van der Waals surface area contributed by atoms with Crippen LogP contribution in [0.3, 0.4) is 0 Å². The number of hydrogen-bond acceptors (Lipinski definition) is 4. The van der Waals surface area contributed by atoms with Crippen molar-refractivity contribution < 1.29 is 9.32 Å². The first kappa shape index (κ1) is 15.5. The van der Waals surface area contributed by atoms with Gasteiger partial charge in [-0.15, -0.1) is 0 Å². The van der Waals surface area contributed by atoms with Gasteiger partial charge in [0.2, 0.25) is 5.88 Å². The number of carbonyl (C=O) groups excluding carboxylic acids is 1. The van der Waals surface area contributed by atoms with E-state index in [2.05, 4.69) is 24.3 Å². The number of aromatic nitrogens is 1. The molecular weight excluding hydrogens is 324 g/mol. The van der Waals surface area contributed by atoms with E-state index in [-0.39, 0.29) is 17.1 Å². The molecule has 0 spiro atoms. The standard InChI is InChI=1S/C19H19ClN2O2/c1-10-15-16(11-5-4-6-12(20)7-11)17-13(21-18(15)24-22-10)8-19(2,3)9-14(17)23/h4-7,16,21H,8-9H2,1-3H3/t16-/m1/s1. The van der Waals surface area contributed by atoms with Crippen LogP contribution in [0.1, 0.15) is 49.4 Å². The maximum absolute atomic E-state index is 13.0. The average Bonchev–Trinajstić information content (AvgIpc) is 2.85. The molecule has 0 saturated heterocycles. The summed E-state index contributed by atoms with van der Waals surface area (Å²) in [5.74, 6) is 0.650. The SMILES string of the molecule is Cc1noc2c1[C@@H](c1cccc(Cl)c1)C1=C(CC(C)(C)CC1=O)N2. The van der Waals surface area contributed by atoms with Gasteiger partial charge in [-0.1, -0.05) is 42.7 Å². The third-order valence-corrected chi connectivity index (χ3v) is 5.09. The predicted molar refractivity (Wildman–Crippen MR) is 93.2 cm³/mol. The lowest BCUT2D eigenvalue weighted by molar-refractivity contribution is -0.118. The summed E-state index contributed by atoms with van der Waals surface area (Å²) in [5.41, 5.74) is 4.45. The van der Waals surface area contributed by atoms with E-state index in [0.717, 1.165) is 34.5 Å². The van der Waals surface area contributed by atoms with Gasteiger partial charge in [-0.25, -0.2) is 0 Å². The second kappa shape index (κ2) is 5.21. The van der Waals surface area contributed by atoms with Gasteiger partial charge in [0.05, 0.1) is 11.3 Å². The van der Waals surface area contributed by atoms with E-state index < -0.39 is 0 Å². The van der Waals surface area contributed by atoms with E-state index in [4.69, 9.17) is 16.1 Å². The van der Waals surface area contributed by atoms with Crippen molar-refractivity contribution in [1.82, 2.24) is 5.16 Å². The van der Waals surface area contributed by atoms with Crippen LogP contribution in [0.2, 0.25) is 5.02 Å². The molecule has 2 heterocycles. The van der Waals surface area contributed by atoms with Crippen molar-refractivity contribution >= 4 is 23.3 Å². The number of Topliss-reactive ketones (excluding diaryl/α,β-unsaturated/α-hetero) is 1. The highest BCUT2D eigenvalue weighted by atomic mass is 35.5. The molecule has 0 unspecified atom stereocenters. The van der Waals surface area contributed by atoms with Crippen molar-refractivity contribution in [3.05, 3.63) is 57.4 Å². The smallest absolute Gasteiger partial charge is 0.233 e. The van der Waals surface area contributed by atoms with E-state index >= 15 is 0 Å². The summed E-state index contributed by atoms with van der Waals surface area (Å²) in [6.45, 7) is 6.14. The fourth-order valence-electron chi connectivity index (χ4n) is 3.89. The number of hydrogen-bond donors (Lipinski definition) is 1. The van der Waals surface area contributed by atoms with Crippen LogP contribution in [0.4, 0.5) is 5.88 Å². The summed E-state index contributed by atoms with van der Waals surface area (Å²) in [6.07, 6.45) is 1.36. The third kappa shape index (κ3) is 2.37. The molecule has 0 saturated carbocycles. The van der Waals surface area contributed by atoms with E-state index in [0.29, 0.717) is 17.3 Å². The third-order valence-electron chi connectivity index (χ3n) is 4.85. The molecule has 24 heavy (non-hydrogen) atoms. The van der Waals surface area contributed by atoms with Crippen LogP contribution in [0.5, 0.6) is 0 Å². The van der Waals surface area contributed by atoms with E-state index in [1.54, 1.807) is 0 Å². The summed E-state index contributed by atoms with van der Waals surface area (Å²) < 4.78 is 5.48. The molecule has 0 amide bonds. The first-order valence-corrected chi connectivity index (χ1v) is 8.48. The molecule has 4 nitrogen and oxygen atoms in total. The Morgan fingerprint density at radius 3 is 2.88 bits per heavy atom. The molecule has 1 atom stereocenters. The van der Waals surface area contributed by atoms with Crippen LogP contribution in [0.15, 0.2) is 40.1 Å². The number of rotatable bonds is 1. The maximum Gasteiger partial charge on any atom is 0.233 e. The lowest BCUT2D eigenvalue weighted by atomic mass is 9.69. The van der Waals surface area contributed by atoms with Gasteiger partial charge in [-0.2, -0.15) is 0 Å². The zero-order valence-corrected chi connectivity index (χ0v) is 14.7. The van der Waals surface area contributed by atoms with Crippen LogP contribution in [-0.4, -0.2) is 10.9 Å². The van der Waals surface area contributed by atoms with Gasteiger partial charge >= 0.3 is 0 Å². The Labute approximate surface area is 145 Å². The number of allylic oxidation sites excluding steroid dienone is 2. The Kier molecular flexibility index (Phi) is 3.36. The summed E-state index contributed by atoms with van der Waals surface area (Å²) >= 11 is 6.21. The number of ketones is 1. The molecule has 2 aliphatic rings. The topological polar surface area (TPSA) is 55.1 Å². The minimum atomic E-state index is -0.176. The van der Waals surface area contributed by atoms with Crippen molar-refractivity contribution in [3.63, 3.8) is 0 Å². The minimum absolute atomic E-state index is 0.0611. The van der Waals surface area contributed by atoms with Crippen molar-refractivity contribution in [2.45, 2.75) is 39.5 Å². The molecule has 5 heteroatoms. The Bertz CT molecular complexity index is 879. The van der Waals surface area contributed by atoms with Crippen molar-refractivity contribution in [3.8, 4) is 0 Å². The monoisotopic (exact) mass is 342 g/mol. The zero-order chi connectivity index (χ0) is 17.1. The summed E-state index contributed by atoms with van der Waals surface area (Å²) in [6, 6.07) is 7.69. The Hall–Kier alpha value is -2.07. The maximum atomic E-state index is 13.0. The first-order chi connectivity index (χ1) is 11.4. The van der Waals surface area contributed by atoms with Gasteiger partial charge in [0, 0.05) is 28.6 Å². The Morgan fingerprint density at radius 2 is 2.12 bits per heavy atom. The second-order valence-corrected chi connectivity index (χ2v) is 7.89. The van der Waals surface area contributed by atoms with Gasteiger partial charge in [0.1, 0.15) is 0 Å². The highest BCUT2D eigenvalue weighted by Crippen LogP contribution is 2.50. The van der Waals surface area contributed by atoms with E-state index in [9.17, 15) is 4.79 Å². The van der Waals surface area contributed by atoms with Gasteiger partial charge in [0.25, 0.3) is 0 Å². The number of nitrogens with zero attached hydrogens (tertiary/aromatic N) is 1. The van der Waals surface area contributed by atoms with Crippen LogP contribution in [-0.2, 0) is 4.79 Å². The van der Waals surface area contributed by atoms with Crippen LogP contribution < -0.4 is 5.32 Å². The van der Waals surface area contributed by atoms with E-state index in [1.807, 2.05) is 31.2 Å². The molecule has 2 aromatic rings. The van der Waals surface area contributed by atoms with Gasteiger partial charge in [-0.05, 0) is 36.5 Å². The van der Waals surface area contributed by atoms with Gasteiger partial charge in [0.15, 0.2) is 5.78 Å². The van der Waals surface area contributed by atoms with Gasteiger partial charge in [-0.3, -0.25) is 4.79 Å². The number of benzene rings is 1. The highest BCUT2D eigenvalue weighted by Gasteiger charge is 2.42. The molecule has 1 aromatic heterocycles. The van der Waals surface area contributed by atoms with Crippen LogP contribution in [0, 0.1) is 12.3 Å². The minimum Gasteiger partial charge on any atom is -0.338 e. The molecule has 0 radical (unpaired) electrons. The molecular formula is C19H19ClN2O2.